The normalized spacial score (nSPS) is 10.3. The minimum atomic E-state index is -0.359. The van der Waals surface area contributed by atoms with Gasteiger partial charge in [-0.2, -0.15) is 0 Å². The Morgan fingerprint density at radius 1 is 1.33 bits per heavy atom. The Morgan fingerprint density at radius 2 is 2.13 bits per heavy atom. The van der Waals surface area contributed by atoms with Gasteiger partial charge < -0.3 is 14.5 Å². The van der Waals surface area contributed by atoms with Crippen molar-refractivity contribution in [3.8, 4) is 11.5 Å². The number of H-pyrrole nitrogens is 1. The Labute approximate surface area is 86.8 Å². The molecule has 1 heterocycles. The van der Waals surface area contributed by atoms with Crippen LogP contribution in [0.3, 0.4) is 0 Å². The minimum Gasteiger partial charge on any atom is -0.493 e. The first-order valence-corrected chi connectivity index (χ1v) is 4.55. The lowest BCUT2D eigenvalue weighted by atomic mass is 10.2. The number of aromatic amines is 1. The van der Waals surface area contributed by atoms with Gasteiger partial charge in [0.05, 0.1) is 7.11 Å². The summed E-state index contributed by atoms with van der Waals surface area (Å²) in [6, 6.07) is 5.48. The van der Waals surface area contributed by atoms with E-state index >= 15 is 0 Å². The van der Waals surface area contributed by atoms with Gasteiger partial charge in [-0.15, -0.1) is 0 Å². The first kappa shape index (κ1) is 9.58. The molecule has 0 spiro atoms. The number of benzene rings is 1. The molecular weight excluding hydrogens is 194 g/mol. The van der Waals surface area contributed by atoms with E-state index in [0.29, 0.717) is 11.5 Å². The Bertz CT molecular complexity index is 502. The highest BCUT2D eigenvalue weighted by molar-refractivity contribution is 5.90. The van der Waals surface area contributed by atoms with Crippen LogP contribution in [0.15, 0.2) is 24.4 Å². The number of aromatic nitrogens is 1. The number of carbonyl (C=O) groups is 1. The maximum atomic E-state index is 11.0. The Kier molecular flexibility index (Phi) is 2.33. The van der Waals surface area contributed by atoms with E-state index in [4.69, 9.17) is 9.47 Å². The van der Waals surface area contributed by atoms with Gasteiger partial charge in [0.2, 0.25) is 0 Å². The second kappa shape index (κ2) is 3.65. The van der Waals surface area contributed by atoms with Gasteiger partial charge in [0.15, 0.2) is 11.5 Å². The van der Waals surface area contributed by atoms with Crippen molar-refractivity contribution in [3.63, 3.8) is 0 Å². The molecule has 0 bridgehead atoms. The fourth-order valence-corrected chi connectivity index (χ4v) is 1.50. The molecule has 78 valence electrons. The van der Waals surface area contributed by atoms with Gasteiger partial charge in [0.1, 0.15) is 0 Å². The highest BCUT2D eigenvalue weighted by atomic mass is 16.6. The third-order valence-corrected chi connectivity index (χ3v) is 2.11. The fraction of sp³-hybridized carbons (Fsp3) is 0.182. The second-order valence-electron chi connectivity index (χ2n) is 3.13. The van der Waals surface area contributed by atoms with E-state index in [1.807, 2.05) is 12.1 Å². The maximum Gasteiger partial charge on any atom is 0.308 e. The molecule has 0 aliphatic heterocycles. The molecule has 15 heavy (non-hydrogen) atoms. The van der Waals surface area contributed by atoms with Crippen LogP contribution in [-0.4, -0.2) is 18.1 Å². The van der Waals surface area contributed by atoms with Crippen LogP contribution in [0, 0.1) is 0 Å². The third kappa shape index (κ3) is 1.66. The number of fused-ring (bicyclic) bond motifs is 1. The number of rotatable bonds is 2. The molecule has 0 amide bonds. The zero-order valence-electron chi connectivity index (χ0n) is 8.53. The van der Waals surface area contributed by atoms with Crippen molar-refractivity contribution < 1.29 is 14.3 Å². The summed E-state index contributed by atoms with van der Waals surface area (Å²) in [6.45, 7) is 1.37. The number of carbonyl (C=O) groups excluding carboxylic acids is 1. The van der Waals surface area contributed by atoms with Crippen molar-refractivity contribution in [2.24, 2.45) is 0 Å². The molecule has 0 unspecified atom stereocenters. The summed E-state index contributed by atoms with van der Waals surface area (Å²) in [4.78, 5) is 14.0. The zero-order valence-corrected chi connectivity index (χ0v) is 8.53. The van der Waals surface area contributed by atoms with E-state index < -0.39 is 0 Å². The maximum absolute atomic E-state index is 11.0. The molecule has 2 aromatic rings. The number of methoxy groups -OCH3 is 1. The number of ether oxygens (including phenoxy) is 2. The monoisotopic (exact) mass is 205 g/mol. The standard InChI is InChI=1S/C11H11NO3/c1-7(13)15-11-8-5-6-12-9(8)3-4-10(11)14-2/h3-6,12H,1-2H3. The number of hydrogen-bond acceptors (Lipinski definition) is 3. The predicted molar refractivity (Wildman–Crippen MR) is 56.2 cm³/mol. The smallest absolute Gasteiger partial charge is 0.308 e. The molecule has 0 saturated heterocycles. The summed E-state index contributed by atoms with van der Waals surface area (Å²) in [5.41, 5.74) is 0.909. The molecule has 1 N–H and O–H groups in total. The largest absolute Gasteiger partial charge is 0.493 e. The Morgan fingerprint density at radius 3 is 2.80 bits per heavy atom. The van der Waals surface area contributed by atoms with E-state index in [1.54, 1.807) is 19.4 Å². The molecule has 4 heteroatoms. The topological polar surface area (TPSA) is 51.3 Å². The summed E-state index contributed by atoms with van der Waals surface area (Å²) >= 11 is 0. The van der Waals surface area contributed by atoms with E-state index in [0.717, 1.165) is 10.9 Å². The molecule has 0 fully saturated rings. The van der Waals surface area contributed by atoms with Crippen LogP contribution in [0.2, 0.25) is 0 Å². The van der Waals surface area contributed by atoms with Gasteiger partial charge in [-0.05, 0) is 18.2 Å². The van der Waals surface area contributed by atoms with E-state index in [2.05, 4.69) is 4.98 Å². The molecule has 1 aromatic carbocycles. The van der Waals surface area contributed by atoms with Gasteiger partial charge in [-0.3, -0.25) is 4.79 Å². The zero-order chi connectivity index (χ0) is 10.8. The quantitative estimate of drug-likeness (QED) is 0.603. The second-order valence-corrected chi connectivity index (χ2v) is 3.13. The summed E-state index contributed by atoms with van der Waals surface area (Å²) < 4.78 is 10.3. The number of nitrogens with one attached hydrogen (secondary N) is 1. The molecule has 1 aromatic heterocycles. The van der Waals surface area contributed by atoms with Gasteiger partial charge in [0.25, 0.3) is 0 Å². The molecule has 0 aliphatic carbocycles. The molecule has 0 atom stereocenters. The van der Waals surface area contributed by atoms with Gasteiger partial charge in [-0.25, -0.2) is 0 Å². The average molecular weight is 205 g/mol. The molecule has 0 radical (unpaired) electrons. The number of esters is 1. The highest BCUT2D eigenvalue weighted by Gasteiger charge is 2.11. The lowest BCUT2D eigenvalue weighted by Gasteiger charge is -2.08. The Hall–Kier alpha value is -1.97. The first-order chi connectivity index (χ1) is 7.22. The van der Waals surface area contributed by atoms with Gasteiger partial charge >= 0.3 is 5.97 Å². The van der Waals surface area contributed by atoms with Gasteiger partial charge in [-0.1, -0.05) is 0 Å². The molecule has 0 saturated carbocycles. The van der Waals surface area contributed by atoms with Crippen molar-refractivity contribution >= 4 is 16.9 Å². The van der Waals surface area contributed by atoms with Crippen LogP contribution in [0.5, 0.6) is 11.5 Å². The summed E-state index contributed by atoms with van der Waals surface area (Å²) in [5, 5.41) is 0.838. The number of hydrogen-bond donors (Lipinski definition) is 1. The van der Waals surface area contributed by atoms with Crippen molar-refractivity contribution in [1.82, 2.24) is 4.98 Å². The fourth-order valence-electron chi connectivity index (χ4n) is 1.50. The predicted octanol–water partition coefficient (Wildman–Crippen LogP) is 2.10. The molecular formula is C11H11NO3. The summed E-state index contributed by atoms with van der Waals surface area (Å²) in [7, 11) is 1.54. The van der Waals surface area contributed by atoms with Crippen molar-refractivity contribution in [3.05, 3.63) is 24.4 Å². The lowest BCUT2D eigenvalue weighted by molar-refractivity contribution is -0.131. The van der Waals surface area contributed by atoms with Crippen LogP contribution in [-0.2, 0) is 4.79 Å². The van der Waals surface area contributed by atoms with Crippen LogP contribution in [0.25, 0.3) is 10.9 Å². The lowest BCUT2D eigenvalue weighted by Crippen LogP contribution is -2.03. The third-order valence-electron chi connectivity index (χ3n) is 2.11. The van der Waals surface area contributed by atoms with Crippen molar-refractivity contribution in [2.45, 2.75) is 6.92 Å². The van der Waals surface area contributed by atoms with E-state index in [-0.39, 0.29) is 5.97 Å². The summed E-state index contributed by atoms with van der Waals surface area (Å²) in [5.74, 6) is 0.656. The van der Waals surface area contributed by atoms with Crippen LogP contribution >= 0.6 is 0 Å². The van der Waals surface area contributed by atoms with Crippen LogP contribution in [0.4, 0.5) is 0 Å². The van der Waals surface area contributed by atoms with Gasteiger partial charge in [0, 0.05) is 24.0 Å². The summed E-state index contributed by atoms with van der Waals surface area (Å²) in [6.07, 6.45) is 1.79. The average Bonchev–Trinajstić information content (AvgIpc) is 2.65. The van der Waals surface area contributed by atoms with Crippen molar-refractivity contribution in [1.29, 1.82) is 0 Å². The molecule has 0 aliphatic rings. The minimum absolute atomic E-state index is 0.359. The van der Waals surface area contributed by atoms with Crippen LogP contribution in [0.1, 0.15) is 6.92 Å². The van der Waals surface area contributed by atoms with E-state index in [1.165, 1.54) is 6.92 Å². The van der Waals surface area contributed by atoms with Crippen molar-refractivity contribution in [2.75, 3.05) is 7.11 Å². The highest BCUT2D eigenvalue weighted by Crippen LogP contribution is 2.35. The Balaban J connectivity index is 2.62. The SMILES string of the molecule is COc1ccc2[nH]ccc2c1OC(C)=O. The van der Waals surface area contributed by atoms with E-state index in [9.17, 15) is 4.79 Å². The molecule has 2 rings (SSSR count). The van der Waals surface area contributed by atoms with Crippen LogP contribution < -0.4 is 9.47 Å². The molecule has 4 nitrogen and oxygen atoms in total. The first-order valence-electron chi connectivity index (χ1n) is 4.55.